The van der Waals surface area contributed by atoms with Crippen LogP contribution in [0.1, 0.15) is 31.0 Å². The Bertz CT molecular complexity index is 644. The van der Waals surface area contributed by atoms with Crippen LogP contribution in [0.15, 0.2) is 41.1 Å². The van der Waals surface area contributed by atoms with E-state index >= 15 is 0 Å². The van der Waals surface area contributed by atoms with Gasteiger partial charge in [-0.2, -0.15) is 0 Å². The standard InChI is InChI=1S/C21H31N3O2/c1-3-23(17-20-10-13-26-22-20)15-19-7-5-11-24(16-19)12-9-18-6-4-8-21(14-18)25-2/h4,6,8,10,13-14,19H,3,5,7,9,11-12,15-17H2,1-2H3/t19-/m0/s1. The average Bonchev–Trinajstić information content (AvgIpc) is 3.19. The van der Waals surface area contributed by atoms with Crippen LogP contribution in [-0.2, 0) is 13.0 Å². The predicted octanol–water partition coefficient (Wildman–Crippen LogP) is 3.46. The third-order valence-electron chi connectivity index (χ3n) is 5.29. The van der Waals surface area contributed by atoms with Crippen molar-refractivity contribution in [2.45, 2.75) is 32.7 Å². The number of ether oxygens (including phenoxy) is 1. The number of piperidine rings is 1. The van der Waals surface area contributed by atoms with Gasteiger partial charge in [-0.1, -0.05) is 24.2 Å². The zero-order valence-corrected chi connectivity index (χ0v) is 16.1. The molecule has 5 nitrogen and oxygen atoms in total. The molecule has 142 valence electrons. The molecule has 0 radical (unpaired) electrons. The molecule has 3 rings (SSSR count). The summed E-state index contributed by atoms with van der Waals surface area (Å²) in [5.41, 5.74) is 2.38. The number of benzene rings is 1. The second-order valence-corrected chi connectivity index (χ2v) is 7.23. The van der Waals surface area contributed by atoms with E-state index in [1.165, 1.54) is 31.5 Å². The van der Waals surface area contributed by atoms with Gasteiger partial charge in [-0.3, -0.25) is 4.90 Å². The Kier molecular flexibility index (Phi) is 7.09. The second kappa shape index (κ2) is 9.74. The van der Waals surface area contributed by atoms with Gasteiger partial charge < -0.3 is 14.2 Å². The highest BCUT2D eigenvalue weighted by molar-refractivity contribution is 5.28. The third kappa shape index (κ3) is 5.58. The normalized spacial score (nSPS) is 18.3. The van der Waals surface area contributed by atoms with Crippen LogP contribution in [0.5, 0.6) is 5.75 Å². The fourth-order valence-corrected chi connectivity index (χ4v) is 3.84. The molecular weight excluding hydrogens is 326 g/mol. The summed E-state index contributed by atoms with van der Waals surface area (Å²) in [6.07, 6.45) is 5.36. The molecule has 1 aliphatic rings. The molecule has 0 unspecified atom stereocenters. The number of rotatable bonds is 9. The number of methoxy groups -OCH3 is 1. The van der Waals surface area contributed by atoms with Crippen LogP contribution in [0.2, 0.25) is 0 Å². The molecule has 5 heteroatoms. The van der Waals surface area contributed by atoms with Crippen molar-refractivity contribution in [2.75, 3.05) is 39.8 Å². The van der Waals surface area contributed by atoms with Gasteiger partial charge in [0, 0.05) is 32.2 Å². The molecule has 0 aliphatic carbocycles. The van der Waals surface area contributed by atoms with Gasteiger partial charge in [0.05, 0.1) is 12.8 Å². The Morgan fingerprint density at radius 1 is 1.35 bits per heavy atom. The summed E-state index contributed by atoms with van der Waals surface area (Å²) >= 11 is 0. The molecule has 0 N–H and O–H groups in total. The maximum atomic E-state index is 5.33. The van der Waals surface area contributed by atoms with Crippen molar-refractivity contribution >= 4 is 0 Å². The highest BCUT2D eigenvalue weighted by atomic mass is 16.5. The smallest absolute Gasteiger partial charge is 0.124 e. The Labute approximate surface area is 156 Å². The van der Waals surface area contributed by atoms with Crippen LogP contribution < -0.4 is 4.74 Å². The van der Waals surface area contributed by atoms with E-state index in [0.717, 1.165) is 50.0 Å². The summed E-state index contributed by atoms with van der Waals surface area (Å²) in [7, 11) is 1.73. The lowest BCUT2D eigenvalue weighted by Crippen LogP contribution is -2.41. The Morgan fingerprint density at radius 2 is 2.27 bits per heavy atom. The van der Waals surface area contributed by atoms with E-state index in [9.17, 15) is 0 Å². The molecule has 2 aromatic rings. The molecule has 1 aromatic heterocycles. The number of hydrogen-bond donors (Lipinski definition) is 0. The lowest BCUT2D eigenvalue weighted by Gasteiger charge is -2.35. The lowest BCUT2D eigenvalue weighted by molar-refractivity contribution is 0.132. The van der Waals surface area contributed by atoms with E-state index < -0.39 is 0 Å². The van der Waals surface area contributed by atoms with Crippen LogP contribution >= 0.6 is 0 Å². The minimum Gasteiger partial charge on any atom is -0.497 e. The summed E-state index contributed by atoms with van der Waals surface area (Å²) in [4.78, 5) is 5.10. The van der Waals surface area contributed by atoms with Gasteiger partial charge >= 0.3 is 0 Å². The molecule has 0 amide bonds. The molecule has 26 heavy (non-hydrogen) atoms. The summed E-state index contributed by atoms with van der Waals surface area (Å²) in [5, 5.41) is 4.05. The minimum atomic E-state index is 0.737. The lowest BCUT2D eigenvalue weighted by atomic mass is 9.96. The molecule has 1 aromatic carbocycles. The molecule has 1 fully saturated rings. The predicted molar refractivity (Wildman–Crippen MR) is 103 cm³/mol. The fraction of sp³-hybridized carbons (Fsp3) is 0.571. The van der Waals surface area contributed by atoms with E-state index in [1.54, 1.807) is 13.4 Å². The Morgan fingerprint density at radius 3 is 3.04 bits per heavy atom. The topological polar surface area (TPSA) is 41.7 Å². The Balaban J connectivity index is 1.47. The van der Waals surface area contributed by atoms with E-state index in [2.05, 4.69) is 40.1 Å². The largest absolute Gasteiger partial charge is 0.497 e. The molecular formula is C21H31N3O2. The summed E-state index contributed by atoms with van der Waals surface area (Å²) in [5.74, 6) is 1.69. The second-order valence-electron chi connectivity index (χ2n) is 7.23. The monoisotopic (exact) mass is 357 g/mol. The quantitative estimate of drug-likeness (QED) is 0.687. The van der Waals surface area contributed by atoms with Crippen molar-refractivity contribution < 1.29 is 9.26 Å². The first-order chi connectivity index (χ1) is 12.8. The number of hydrogen-bond acceptors (Lipinski definition) is 5. The van der Waals surface area contributed by atoms with Gasteiger partial charge in [0.2, 0.25) is 0 Å². The van der Waals surface area contributed by atoms with Gasteiger partial charge in [0.25, 0.3) is 0 Å². The van der Waals surface area contributed by atoms with Crippen LogP contribution in [0.4, 0.5) is 0 Å². The summed E-state index contributed by atoms with van der Waals surface area (Å²) in [6.45, 7) is 8.83. The van der Waals surface area contributed by atoms with Crippen molar-refractivity contribution in [3.63, 3.8) is 0 Å². The Hall–Kier alpha value is -1.85. The van der Waals surface area contributed by atoms with Crippen molar-refractivity contribution in [1.82, 2.24) is 15.0 Å². The number of nitrogens with zero attached hydrogens (tertiary/aromatic N) is 3. The minimum absolute atomic E-state index is 0.737. The molecule has 2 heterocycles. The first-order valence-corrected chi connectivity index (χ1v) is 9.73. The van der Waals surface area contributed by atoms with Crippen LogP contribution in [0.3, 0.4) is 0 Å². The van der Waals surface area contributed by atoms with Crippen LogP contribution in [0.25, 0.3) is 0 Å². The van der Waals surface area contributed by atoms with Crippen LogP contribution in [0, 0.1) is 5.92 Å². The number of aromatic nitrogens is 1. The zero-order valence-electron chi connectivity index (χ0n) is 16.1. The van der Waals surface area contributed by atoms with Crippen molar-refractivity contribution in [3.8, 4) is 5.75 Å². The molecule has 1 saturated heterocycles. The van der Waals surface area contributed by atoms with Gasteiger partial charge in [-0.25, -0.2) is 0 Å². The highest BCUT2D eigenvalue weighted by Crippen LogP contribution is 2.20. The molecule has 0 bridgehead atoms. The van der Waals surface area contributed by atoms with E-state index in [1.807, 2.05) is 12.1 Å². The van der Waals surface area contributed by atoms with Gasteiger partial charge in [0.1, 0.15) is 12.0 Å². The van der Waals surface area contributed by atoms with E-state index in [4.69, 9.17) is 9.26 Å². The van der Waals surface area contributed by atoms with Crippen molar-refractivity contribution in [1.29, 1.82) is 0 Å². The maximum absolute atomic E-state index is 5.33. The fourth-order valence-electron chi connectivity index (χ4n) is 3.84. The van der Waals surface area contributed by atoms with Gasteiger partial charge in [0.15, 0.2) is 0 Å². The van der Waals surface area contributed by atoms with Gasteiger partial charge in [-0.05, 0) is 56.0 Å². The summed E-state index contributed by atoms with van der Waals surface area (Å²) in [6, 6.07) is 10.4. The van der Waals surface area contributed by atoms with Crippen molar-refractivity contribution in [3.05, 3.63) is 47.9 Å². The summed E-state index contributed by atoms with van der Waals surface area (Å²) < 4.78 is 10.3. The molecule has 1 aliphatic heterocycles. The molecule has 0 saturated carbocycles. The molecule has 1 atom stereocenters. The zero-order chi connectivity index (χ0) is 18.2. The number of likely N-dealkylation sites (tertiary alicyclic amines) is 1. The average molecular weight is 357 g/mol. The molecule has 0 spiro atoms. The third-order valence-corrected chi connectivity index (χ3v) is 5.29. The van der Waals surface area contributed by atoms with Crippen LogP contribution in [-0.4, -0.2) is 54.8 Å². The maximum Gasteiger partial charge on any atom is 0.124 e. The van der Waals surface area contributed by atoms with Crippen molar-refractivity contribution in [2.24, 2.45) is 5.92 Å². The SMILES string of the molecule is CCN(Cc1ccon1)C[C@@H]1CCCN(CCc2cccc(OC)c2)C1. The van der Waals surface area contributed by atoms with Gasteiger partial charge in [-0.15, -0.1) is 0 Å². The van der Waals surface area contributed by atoms with E-state index in [-0.39, 0.29) is 0 Å². The first kappa shape index (κ1) is 18.9. The van der Waals surface area contributed by atoms with E-state index in [0.29, 0.717) is 0 Å². The highest BCUT2D eigenvalue weighted by Gasteiger charge is 2.22. The first-order valence-electron chi connectivity index (χ1n) is 9.73.